The molecule has 0 saturated heterocycles. The molecule has 0 radical (unpaired) electrons. The third-order valence-corrected chi connectivity index (χ3v) is 7.63. The zero-order valence-corrected chi connectivity index (χ0v) is 20.3. The Bertz CT molecular complexity index is 1350. The number of aryl methyl sites for hydroxylation is 1. The normalized spacial score (nSPS) is 12.4. The van der Waals surface area contributed by atoms with Gasteiger partial charge in [-0.1, -0.05) is 30.3 Å². The van der Waals surface area contributed by atoms with Crippen LogP contribution in [0, 0.1) is 6.92 Å². The monoisotopic (exact) mass is 485 g/mol. The van der Waals surface area contributed by atoms with Gasteiger partial charge in [0.05, 0.1) is 16.3 Å². The number of hydrogen-bond acceptors (Lipinski definition) is 5. The number of nitrogens with zero attached hydrogens (tertiary/aromatic N) is 2. The first kappa shape index (κ1) is 22.4. The minimum atomic E-state index is -0.176. The van der Waals surface area contributed by atoms with E-state index in [1.165, 1.54) is 5.56 Å². The van der Waals surface area contributed by atoms with Crippen molar-refractivity contribution in [2.75, 3.05) is 16.8 Å². The molecule has 5 rings (SSSR count). The van der Waals surface area contributed by atoms with Crippen molar-refractivity contribution < 1.29 is 9.59 Å². The Morgan fingerprint density at radius 2 is 1.79 bits per heavy atom. The van der Waals surface area contributed by atoms with Crippen molar-refractivity contribution in [2.45, 2.75) is 24.0 Å². The van der Waals surface area contributed by atoms with Crippen LogP contribution in [0.5, 0.6) is 0 Å². The molecule has 7 heteroatoms. The summed E-state index contributed by atoms with van der Waals surface area (Å²) < 4.78 is 0. The van der Waals surface area contributed by atoms with E-state index >= 15 is 0 Å². The van der Waals surface area contributed by atoms with E-state index in [9.17, 15) is 9.59 Å². The van der Waals surface area contributed by atoms with Crippen LogP contribution >= 0.6 is 23.1 Å². The number of para-hydroxylation sites is 1. The van der Waals surface area contributed by atoms with E-state index in [1.54, 1.807) is 47.4 Å². The van der Waals surface area contributed by atoms with E-state index in [0.29, 0.717) is 29.1 Å². The van der Waals surface area contributed by atoms with Gasteiger partial charge in [-0.05, 0) is 61.4 Å². The first-order valence-electron chi connectivity index (χ1n) is 11.0. The summed E-state index contributed by atoms with van der Waals surface area (Å²) in [7, 11) is 0. The molecule has 0 spiro atoms. The zero-order chi connectivity index (χ0) is 23.5. The molecule has 0 unspecified atom stereocenters. The number of aromatic nitrogens is 1. The highest BCUT2D eigenvalue weighted by Crippen LogP contribution is 2.30. The van der Waals surface area contributed by atoms with Crippen LogP contribution < -0.4 is 10.2 Å². The molecule has 4 aromatic rings. The Morgan fingerprint density at radius 1 is 1.03 bits per heavy atom. The Kier molecular flexibility index (Phi) is 6.47. The fraction of sp³-hybridized carbons (Fsp3) is 0.148. The fourth-order valence-electron chi connectivity index (χ4n) is 4.01. The molecule has 170 valence electrons. The first-order valence-corrected chi connectivity index (χ1v) is 12.9. The molecule has 0 atom stereocenters. The average Bonchev–Trinajstić information content (AvgIpc) is 3.49. The van der Waals surface area contributed by atoms with Crippen LogP contribution in [0.2, 0.25) is 0 Å². The van der Waals surface area contributed by atoms with Crippen molar-refractivity contribution in [3.63, 3.8) is 0 Å². The minimum absolute atomic E-state index is 0.0261. The number of carbonyl (C=O) groups is 2. The number of carbonyl (C=O) groups excluding carboxylic acids is 2. The molecular weight excluding hydrogens is 462 g/mol. The molecule has 1 aliphatic heterocycles. The third kappa shape index (κ3) is 4.76. The summed E-state index contributed by atoms with van der Waals surface area (Å²) in [5.41, 5.74) is 5.06. The number of thioether (sulfide) groups is 1. The maximum atomic E-state index is 13.0. The number of rotatable bonds is 6. The molecule has 2 heterocycles. The van der Waals surface area contributed by atoms with Crippen LogP contribution in [0.1, 0.15) is 37.0 Å². The molecule has 1 aliphatic rings. The van der Waals surface area contributed by atoms with Gasteiger partial charge in [-0.15, -0.1) is 23.1 Å². The second-order valence-electron chi connectivity index (χ2n) is 8.01. The highest BCUT2D eigenvalue weighted by Gasteiger charge is 2.25. The van der Waals surface area contributed by atoms with Crippen LogP contribution in [0.15, 0.2) is 83.1 Å². The number of anilines is 2. The van der Waals surface area contributed by atoms with Crippen molar-refractivity contribution in [1.82, 2.24) is 4.98 Å². The molecular formula is C27H23N3O2S2. The molecule has 34 heavy (non-hydrogen) atoms. The third-order valence-electron chi connectivity index (χ3n) is 5.70. The first-order chi connectivity index (χ1) is 16.6. The predicted octanol–water partition coefficient (Wildman–Crippen LogP) is 6.20. The number of nitrogens with one attached hydrogen (secondary N) is 1. The SMILES string of the molecule is Cc1nc(CSc2ccccc2C(=O)Nc2ccc(C(=O)N3CCc4ccccc43)cc2)cs1. The van der Waals surface area contributed by atoms with Crippen molar-refractivity contribution in [1.29, 1.82) is 0 Å². The van der Waals surface area contributed by atoms with Gasteiger partial charge in [0, 0.05) is 39.5 Å². The molecule has 0 fully saturated rings. The lowest BCUT2D eigenvalue weighted by atomic mass is 10.1. The van der Waals surface area contributed by atoms with E-state index in [1.807, 2.05) is 54.3 Å². The highest BCUT2D eigenvalue weighted by molar-refractivity contribution is 7.98. The largest absolute Gasteiger partial charge is 0.322 e. The summed E-state index contributed by atoms with van der Waals surface area (Å²) in [6.07, 6.45) is 0.871. The van der Waals surface area contributed by atoms with Crippen molar-refractivity contribution in [2.24, 2.45) is 0 Å². The Balaban J connectivity index is 1.26. The molecule has 1 N–H and O–H groups in total. The lowest BCUT2D eigenvalue weighted by molar-refractivity contribution is 0.0988. The zero-order valence-electron chi connectivity index (χ0n) is 18.7. The highest BCUT2D eigenvalue weighted by atomic mass is 32.2. The summed E-state index contributed by atoms with van der Waals surface area (Å²) in [6, 6.07) is 22.7. The predicted molar refractivity (Wildman–Crippen MR) is 139 cm³/mol. The van der Waals surface area contributed by atoms with E-state index in [-0.39, 0.29) is 11.8 Å². The van der Waals surface area contributed by atoms with Gasteiger partial charge >= 0.3 is 0 Å². The van der Waals surface area contributed by atoms with Gasteiger partial charge in [0.2, 0.25) is 0 Å². The molecule has 5 nitrogen and oxygen atoms in total. The summed E-state index contributed by atoms with van der Waals surface area (Å²) in [6.45, 7) is 2.68. The van der Waals surface area contributed by atoms with Crippen molar-refractivity contribution in [3.05, 3.63) is 106 Å². The summed E-state index contributed by atoms with van der Waals surface area (Å²) in [5, 5.41) is 6.05. The van der Waals surface area contributed by atoms with Crippen LogP contribution in [0.25, 0.3) is 0 Å². The quantitative estimate of drug-likeness (QED) is 0.330. The maximum Gasteiger partial charge on any atom is 0.258 e. The van der Waals surface area contributed by atoms with Crippen LogP contribution in [0.4, 0.5) is 11.4 Å². The van der Waals surface area contributed by atoms with Gasteiger partial charge < -0.3 is 10.2 Å². The van der Waals surface area contributed by atoms with Crippen LogP contribution in [-0.2, 0) is 12.2 Å². The maximum absolute atomic E-state index is 13.0. The van der Waals surface area contributed by atoms with E-state index in [0.717, 1.165) is 27.7 Å². The number of benzene rings is 3. The second-order valence-corrected chi connectivity index (χ2v) is 10.1. The molecule has 1 aromatic heterocycles. The summed E-state index contributed by atoms with van der Waals surface area (Å²) in [4.78, 5) is 33.3. The average molecular weight is 486 g/mol. The van der Waals surface area contributed by atoms with Gasteiger partial charge in [0.25, 0.3) is 11.8 Å². The fourth-order valence-corrected chi connectivity index (χ4v) is 5.67. The summed E-state index contributed by atoms with van der Waals surface area (Å²) >= 11 is 3.23. The number of thiazole rings is 1. The number of hydrogen-bond donors (Lipinski definition) is 1. The topological polar surface area (TPSA) is 62.3 Å². The Labute approximate surface area is 206 Å². The van der Waals surface area contributed by atoms with Crippen molar-refractivity contribution >= 4 is 46.3 Å². The number of fused-ring (bicyclic) bond motifs is 1. The smallest absolute Gasteiger partial charge is 0.258 e. The molecule has 0 saturated carbocycles. The summed E-state index contributed by atoms with van der Waals surface area (Å²) in [5.74, 6) is 0.511. The minimum Gasteiger partial charge on any atom is -0.322 e. The van der Waals surface area contributed by atoms with Crippen LogP contribution in [0.3, 0.4) is 0 Å². The molecule has 0 bridgehead atoms. The van der Waals surface area contributed by atoms with Crippen LogP contribution in [-0.4, -0.2) is 23.3 Å². The molecule has 2 amide bonds. The van der Waals surface area contributed by atoms with Crippen molar-refractivity contribution in [3.8, 4) is 0 Å². The number of amides is 2. The lowest BCUT2D eigenvalue weighted by Gasteiger charge is -2.17. The second kappa shape index (κ2) is 9.83. The van der Waals surface area contributed by atoms with Gasteiger partial charge in [-0.2, -0.15) is 0 Å². The van der Waals surface area contributed by atoms with E-state index in [4.69, 9.17) is 0 Å². The Hall–Kier alpha value is -3.42. The molecule has 0 aliphatic carbocycles. The van der Waals surface area contributed by atoms with Gasteiger partial charge in [-0.3, -0.25) is 9.59 Å². The standard InChI is InChI=1S/C27H23N3O2S2/c1-18-28-22(16-33-18)17-34-25-9-5-3-7-23(25)26(31)29-21-12-10-20(11-13-21)27(32)30-15-14-19-6-2-4-8-24(19)30/h2-13,16H,14-15,17H2,1H3,(H,29,31). The van der Waals surface area contributed by atoms with Gasteiger partial charge in [0.15, 0.2) is 0 Å². The molecule has 3 aromatic carbocycles. The van der Waals surface area contributed by atoms with E-state index < -0.39 is 0 Å². The van der Waals surface area contributed by atoms with E-state index in [2.05, 4.69) is 21.7 Å². The van der Waals surface area contributed by atoms with Gasteiger partial charge in [-0.25, -0.2) is 4.98 Å². The lowest BCUT2D eigenvalue weighted by Crippen LogP contribution is -2.28. The Morgan fingerprint density at radius 3 is 2.59 bits per heavy atom. The van der Waals surface area contributed by atoms with Gasteiger partial charge in [0.1, 0.15) is 0 Å².